The summed E-state index contributed by atoms with van der Waals surface area (Å²) in [5, 5.41) is 0. The van der Waals surface area contributed by atoms with E-state index in [9.17, 15) is 4.79 Å². The van der Waals surface area contributed by atoms with E-state index in [0.29, 0.717) is 5.56 Å². The summed E-state index contributed by atoms with van der Waals surface area (Å²) in [6.07, 6.45) is 6.66. The van der Waals surface area contributed by atoms with Crippen molar-refractivity contribution < 1.29 is 4.79 Å². The summed E-state index contributed by atoms with van der Waals surface area (Å²) in [5.74, 6) is 0.763. The van der Waals surface area contributed by atoms with E-state index < -0.39 is 0 Å². The third-order valence-electron chi connectivity index (χ3n) is 4.35. The van der Waals surface area contributed by atoms with E-state index in [1.807, 2.05) is 12.1 Å². The summed E-state index contributed by atoms with van der Waals surface area (Å²) in [5.41, 5.74) is 8.50. The Morgan fingerprint density at radius 2 is 1.86 bits per heavy atom. The Hall–Kier alpha value is -1.71. The molecule has 0 atom stereocenters. The topological polar surface area (TPSA) is 49.6 Å². The van der Waals surface area contributed by atoms with Gasteiger partial charge in [-0.15, -0.1) is 0 Å². The van der Waals surface area contributed by atoms with Crippen molar-refractivity contribution in [2.24, 2.45) is 5.92 Å². The second-order valence-electron chi connectivity index (χ2n) is 6.36. The minimum atomic E-state index is 0.0160. The molecule has 1 amide bonds. The van der Waals surface area contributed by atoms with E-state index in [1.54, 1.807) is 25.1 Å². The van der Waals surface area contributed by atoms with Gasteiger partial charge in [0.25, 0.3) is 5.91 Å². The second kappa shape index (κ2) is 6.83. The second-order valence-corrected chi connectivity index (χ2v) is 6.36. The third-order valence-corrected chi connectivity index (χ3v) is 4.35. The first-order valence-electron chi connectivity index (χ1n) is 7.81. The Kier molecular flexibility index (Phi) is 5.10. The lowest BCUT2D eigenvalue weighted by atomic mass is 9.89. The fraction of sp³-hybridized carbons (Fsp3) is 0.588. The number of benzene rings is 1. The van der Waals surface area contributed by atoms with E-state index in [0.717, 1.165) is 23.8 Å². The van der Waals surface area contributed by atoms with E-state index in [2.05, 4.69) is 11.9 Å². The Morgan fingerprint density at radius 3 is 2.48 bits per heavy atom. The summed E-state index contributed by atoms with van der Waals surface area (Å²) in [4.78, 5) is 15.9. The summed E-state index contributed by atoms with van der Waals surface area (Å²) >= 11 is 0. The fourth-order valence-corrected chi connectivity index (χ4v) is 3.12. The standard InChI is InChI=1S/C17H27N3O/c1-19(2)17(21)14-9-10-15(18)16(11-14)20(3)12-13-7-5-4-6-8-13/h9-11,13H,4-8,12,18H2,1-3H3. The third kappa shape index (κ3) is 3.90. The van der Waals surface area contributed by atoms with Crippen molar-refractivity contribution in [1.82, 2.24) is 4.90 Å². The molecule has 0 spiro atoms. The molecule has 4 heteroatoms. The molecule has 0 bridgehead atoms. The van der Waals surface area contributed by atoms with Gasteiger partial charge in [0.05, 0.1) is 11.4 Å². The highest BCUT2D eigenvalue weighted by Crippen LogP contribution is 2.29. The smallest absolute Gasteiger partial charge is 0.253 e. The molecule has 4 nitrogen and oxygen atoms in total. The molecule has 0 heterocycles. The Labute approximate surface area is 127 Å². The lowest BCUT2D eigenvalue weighted by Gasteiger charge is -2.29. The van der Waals surface area contributed by atoms with Crippen molar-refractivity contribution in [3.8, 4) is 0 Å². The number of carbonyl (C=O) groups is 1. The van der Waals surface area contributed by atoms with Crippen molar-refractivity contribution in [3.05, 3.63) is 23.8 Å². The van der Waals surface area contributed by atoms with Crippen LogP contribution in [0.5, 0.6) is 0 Å². The number of amides is 1. The van der Waals surface area contributed by atoms with Crippen molar-refractivity contribution in [2.45, 2.75) is 32.1 Å². The van der Waals surface area contributed by atoms with Gasteiger partial charge in [-0.25, -0.2) is 0 Å². The normalized spacial score (nSPS) is 15.8. The van der Waals surface area contributed by atoms with E-state index >= 15 is 0 Å². The summed E-state index contributed by atoms with van der Waals surface area (Å²) in [7, 11) is 5.61. The van der Waals surface area contributed by atoms with Gasteiger partial charge in [-0.1, -0.05) is 19.3 Å². The molecule has 1 aliphatic carbocycles. The van der Waals surface area contributed by atoms with Gasteiger partial charge in [0.2, 0.25) is 0 Å². The first kappa shape index (κ1) is 15.7. The number of hydrogen-bond donors (Lipinski definition) is 1. The highest BCUT2D eigenvalue weighted by molar-refractivity contribution is 5.96. The molecule has 2 rings (SSSR count). The molecule has 0 unspecified atom stereocenters. The lowest BCUT2D eigenvalue weighted by molar-refractivity contribution is 0.0827. The van der Waals surface area contributed by atoms with Crippen LogP contribution in [0, 0.1) is 5.92 Å². The summed E-state index contributed by atoms with van der Waals surface area (Å²) in [6.45, 7) is 1.02. The number of nitrogen functional groups attached to an aromatic ring is 1. The van der Waals surface area contributed by atoms with Crippen LogP contribution in [-0.2, 0) is 0 Å². The van der Waals surface area contributed by atoms with E-state index in [4.69, 9.17) is 5.73 Å². The zero-order valence-electron chi connectivity index (χ0n) is 13.4. The van der Waals surface area contributed by atoms with Crippen molar-refractivity contribution in [2.75, 3.05) is 38.3 Å². The number of anilines is 2. The van der Waals surface area contributed by atoms with Gasteiger partial charge in [0.15, 0.2) is 0 Å². The summed E-state index contributed by atoms with van der Waals surface area (Å²) < 4.78 is 0. The van der Waals surface area contributed by atoms with Gasteiger partial charge in [0, 0.05) is 33.3 Å². The van der Waals surface area contributed by atoms with Crippen LogP contribution in [0.15, 0.2) is 18.2 Å². The van der Waals surface area contributed by atoms with Crippen LogP contribution < -0.4 is 10.6 Å². The SMILES string of the molecule is CN(C)C(=O)c1ccc(N)c(N(C)CC2CCCCC2)c1. The first-order valence-corrected chi connectivity index (χ1v) is 7.81. The van der Waals surface area contributed by atoms with Gasteiger partial charge in [-0.05, 0) is 37.0 Å². The zero-order valence-corrected chi connectivity index (χ0v) is 13.4. The molecule has 1 saturated carbocycles. The molecule has 0 radical (unpaired) electrons. The maximum absolute atomic E-state index is 12.1. The lowest BCUT2D eigenvalue weighted by Crippen LogP contribution is -2.28. The molecule has 0 aliphatic heterocycles. The van der Waals surface area contributed by atoms with Gasteiger partial charge < -0.3 is 15.5 Å². The van der Waals surface area contributed by atoms with E-state index in [1.165, 1.54) is 32.1 Å². The van der Waals surface area contributed by atoms with Crippen LogP contribution in [0.2, 0.25) is 0 Å². The van der Waals surface area contributed by atoms with Crippen LogP contribution in [-0.4, -0.2) is 38.5 Å². The maximum Gasteiger partial charge on any atom is 0.253 e. The minimum Gasteiger partial charge on any atom is -0.397 e. The monoisotopic (exact) mass is 289 g/mol. The fourth-order valence-electron chi connectivity index (χ4n) is 3.12. The first-order chi connectivity index (χ1) is 9.99. The average Bonchev–Trinajstić information content (AvgIpc) is 2.47. The van der Waals surface area contributed by atoms with Crippen molar-refractivity contribution >= 4 is 17.3 Å². The number of rotatable bonds is 4. The highest BCUT2D eigenvalue weighted by Gasteiger charge is 2.18. The molecule has 1 aromatic carbocycles. The quantitative estimate of drug-likeness (QED) is 0.867. The molecule has 1 aliphatic rings. The Balaban J connectivity index is 2.13. The molecular weight excluding hydrogens is 262 g/mol. The predicted molar refractivity (Wildman–Crippen MR) is 88.7 cm³/mol. The van der Waals surface area contributed by atoms with Crippen LogP contribution in [0.25, 0.3) is 0 Å². The van der Waals surface area contributed by atoms with E-state index in [-0.39, 0.29) is 5.91 Å². The molecule has 0 aromatic heterocycles. The molecular formula is C17H27N3O. The predicted octanol–water partition coefficient (Wildman–Crippen LogP) is 2.99. The van der Waals surface area contributed by atoms with Crippen molar-refractivity contribution in [1.29, 1.82) is 0 Å². The molecule has 21 heavy (non-hydrogen) atoms. The number of carbonyl (C=O) groups excluding carboxylic acids is 1. The van der Waals surface area contributed by atoms with Crippen LogP contribution >= 0.6 is 0 Å². The average molecular weight is 289 g/mol. The highest BCUT2D eigenvalue weighted by atomic mass is 16.2. The zero-order chi connectivity index (χ0) is 15.4. The number of hydrogen-bond acceptors (Lipinski definition) is 3. The van der Waals surface area contributed by atoms with Crippen LogP contribution in [0.4, 0.5) is 11.4 Å². The largest absolute Gasteiger partial charge is 0.397 e. The van der Waals surface area contributed by atoms with Crippen LogP contribution in [0.3, 0.4) is 0 Å². The molecule has 116 valence electrons. The van der Waals surface area contributed by atoms with Gasteiger partial charge in [-0.3, -0.25) is 4.79 Å². The van der Waals surface area contributed by atoms with Gasteiger partial charge >= 0.3 is 0 Å². The molecule has 1 aromatic rings. The minimum absolute atomic E-state index is 0.0160. The van der Waals surface area contributed by atoms with Crippen LogP contribution in [0.1, 0.15) is 42.5 Å². The van der Waals surface area contributed by atoms with Gasteiger partial charge in [-0.2, -0.15) is 0 Å². The Morgan fingerprint density at radius 1 is 1.19 bits per heavy atom. The van der Waals surface area contributed by atoms with Crippen molar-refractivity contribution in [3.63, 3.8) is 0 Å². The Bertz CT molecular complexity index is 493. The number of nitrogens with zero attached hydrogens (tertiary/aromatic N) is 2. The molecule has 0 saturated heterocycles. The maximum atomic E-state index is 12.1. The molecule has 2 N–H and O–H groups in total. The molecule has 1 fully saturated rings. The van der Waals surface area contributed by atoms with Gasteiger partial charge in [0.1, 0.15) is 0 Å². The number of nitrogens with two attached hydrogens (primary N) is 1. The summed E-state index contributed by atoms with van der Waals surface area (Å²) in [6, 6.07) is 5.56.